The van der Waals surface area contributed by atoms with Gasteiger partial charge in [-0.25, -0.2) is 4.79 Å². The molecule has 0 spiro atoms. The van der Waals surface area contributed by atoms with Gasteiger partial charge in [0.25, 0.3) is 5.91 Å². The molecule has 1 aliphatic rings. The predicted octanol–water partition coefficient (Wildman–Crippen LogP) is 3.69. The molecule has 156 valence electrons. The largest absolute Gasteiger partial charge is 0.325 e. The van der Waals surface area contributed by atoms with E-state index in [0.717, 1.165) is 10.5 Å². The van der Waals surface area contributed by atoms with E-state index < -0.39 is 17.5 Å². The molecule has 3 aromatic rings. The number of carbonyl (C=O) groups excluding carboxylic acids is 3. The monoisotopic (exact) mass is 413 g/mol. The number of nitrogens with zero attached hydrogens (tertiary/aromatic N) is 2. The molecule has 4 amide bonds. The SMILES string of the molecule is C[C@]1(c2ccccc2)NC(=O)N(CC(=O)N(Cc2ccccc2)c2ccccc2)C1=O. The van der Waals surface area contributed by atoms with Gasteiger partial charge in [0.1, 0.15) is 12.1 Å². The van der Waals surface area contributed by atoms with Gasteiger partial charge in [-0.1, -0.05) is 78.9 Å². The van der Waals surface area contributed by atoms with E-state index in [1.54, 1.807) is 24.0 Å². The molecule has 31 heavy (non-hydrogen) atoms. The van der Waals surface area contributed by atoms with Crippen molar-refractivity contribution in [3.05, 3.63) is 102 Å². The Kier molecular flexibility index (Phi) is 5.54. The van der Waals surface area contributed by atoms with Crippen molar-refractivity contribution in [1.29, 1.82) is 0 Å². The van der Waals surface area contributed by atoms with Crippen LogP contribution in [-0.2, 0) is 21.7 Å². The van der Waals surface area contributed by atoms with E-state index in [9.17, 15) is 14.4 Å². The molecule has 0 aliphatic carbocycles. The summed E-state index contributed by atoms with van der Waals surface area (Å²) in [6.07, 6.45) is 0. The summed E-state index contributed by atoms with van der Waals surface area (Å²) in [5, 5.41) is 2.75. The van der Waals surface area contributed by atoms with Crippen molar-refractivity contribution in [3.8, 4) is 0 Å². The number of amides is 4. The fourth-order valence-electron chi connectivity index (χ4n) is 3.73. The van der Waals surface area contributed by atoms with E-state index in [1.165, 1.54) is 0 Å². The molecule has 0 bridgehead atoms. The Balaban J connectivity index is 1.58. The fraction of sp³-hybridized carbons (Fsp3) is 0.160. The second-order valence-corrected chi connectivity index (χ2v) is 7.61. The Hall–Kier alpha value is -3.93. The van der Waals surface area contributed by atoms with Crippen LogP contribution in [0, 0.1) is 0 Å². The Bertz CT molecular complexity index is 1090. The molecular formula is C25H23N3O3. The minimum atomic E-state index is -1.20. The molecule has 4 rings (SSSR count). The lowest BCUT2D eigenvalue weighted by atomic mass is 9.92. The molecule has 1 saturated heterocycles. The fourth-order valence-corrected chi connectivity index (χ4v) is 3.73. The second kappa shape index (κ2) is 8.44. The van der Waals surface area contributed by atoms with Gasteiger partial charge < -0.3 is 10.2 Å². The third kappa shape index (κ3) is 4.05. The Morgan fingerprint density at radius 3 is 2.03 bits per heavy atom. The normalized spacial score (nSPS) is 18.0. The minimum Gasteiger partial charge on any atom is -0.319 e. The molecule has 0 unspecified atom stereocenters. The lowest BCUT2D eigenvalue weighted by molar-refractivity contribution is -0.134. The van der Waals surface area contributed by atoms with Gasteiger partial charge in [-0.2, -0.15) is 0 Å². The maximum atomic E-state index is 13.3. The summed E-state index contributed by atoms with van der Waals surface area (Å²) in [4.78, 5) is 41.7. The Morgan fingerprint density at radius 2 is 1.42 bits per heavy atom. The molecule has 1 N–H and O–H groups in total. The summed E-state index contributed by atoms with van der Waals surface area (Å²) in [5.41, 5.74) is 1.13. The van der Waals surface area contributed by atoms with E-state index in [4.69, 9.17) is 0 Å². The highest BCUT2D eigenvalue weighted by Gasteiger charge is 2.49. The Labute approximate surface area is 181 Å². The average Bonchev–Trinajstić information content (AvgIpc) is 3.03. The van der Waals surface area contributed by atoms with Gasteiger partial charge in [0, 0.05) is 5.69 Å². The third-order valence-corrected chi connectivity index (χ3v) is 5.47. The molecule has 0 radical (unpaired) electrons. The topological polar surface area (TPSA) is 69.7 Å². The molecule has 0 aromatic heterocycles. The van der Waals surface area contributed by atoms with Gasteiger partial charge in [-0.15, -0.1) is 0 Å². The molecule has 1 fully saturated rings. The van der Waals surface area contributed by atoms with E-state index in [2.05, 4.69) is 5.32 Å². The number of anilines is 1. The van der Waals surface area contributed by atoms with Gasteiger partial charge in [-0.3, -0.25) is 14.5 Å². The van der Waals surface area contributed by atoms with Crippen LogP contribution < -0.4 is 10.2 Å². The van der Waals surface area contributed by atoms with Crippen molar-refractivity contribution >= 4 is 23.5 Å². The number of carbonyl (C=O) groups is 3. The number of para-hydroxylation sites is 1. The van der Waals surface area contributed by atoms with Crippen LogP contribution in [0.2, 0.25) is 0 Å². The van der Waals surface area contributed by atoms with E-state index >= 15 is 0 Å². The highest BCUT2D eigenvalue weighted by atomic mass is 16.2. The Morgan fingerprint density at radius 1 is 0.871 bits per heavy atom. The van der Waals surface area contributed by atoms with E-state index in [0.29, 0.717) is 17.8 Å². The van der Waals surface area contributed by atoms with Gasteiger partial charge in [0.05, 0.1) is 6.54 Å². The van der Waals surface area contributed by atoms with Crippen LogP contribution in [0.4, 0.5) is 10.5 Å². The zero-order chi connectivity index (χ0) is 21.8. The van der Waals surface area contributed by atoms with Crippen LogP contribution in [0.3, 0.4) is 0 Å². The molecule has 3 aromatic carbocycles. The number of benzene rings is 3. The van der Waals surface area contributed by atoms with Crippen LogP contribution in [0.5, 0.6) is 0 Å². The highest BCUT2D eigenvalue weighted by Crippen LogP contribution is 2.29. The molecule has 1 atom stereocenters. The lowest BCUT2D eigenvalue weighted by Crippen LogP contribution is -2.44. The summed E-state index contributed by atoms with van der Waals surface area (Å²) in [6, 6.07) is 27.3. The quantitative estimate of drug-likeness (QED) is 0.627. The maximum Gasteiger partial charge on any atom is 0.325 e. The van der Waals surface area contributed by atoms with E-state index in [1.807, 2.05) is 78.9 Å². The number of urea groups is 1. The predicted molar refractivity (Wildman–Crippen MR) is 118 cm³/mol. The lowest BCUT2D eigenvalue weighted by Gasteiger charge is -2.26. The zero-order valence-electron chi connectivity index (χ0n) is 17.2. The van der Waals surface area contributed by atoms with Crippen molar-refractivity contribution in [2.24, 2.45) is 0 Å². The van der Waals surface area contributed by atoms with E-state index in [-0.39, 0.29) is 12.5 Å². The average molecular weight is 413 g/mol. The van der Waals surface area contributed by atoms with Crippen LogP contribution in [-0.4, -0.2) is 29.3 Å². The van der Waals surface area contributed by atoms with Gasteiger partial charge in [0.2, 0.25) is 5.91 Å². The first-order chi connectivity index (χ1) is 15.0. The van der Waals surface area contributed by atoms with Crippen molar-refractivity contribution in [2.45, 2.75) is 19.0 Å². The van der Waals surface area contributed by atoms with Gasteiger partial charge in [-0.05, 0) is 30.2 Å². The molecular weight excluding hydrogens is 390 g/mol. The zero-order valence-corrected chi connectivity index (χ0v) is 17.2. The number of imide groups is 1. The number of hydrogen-bond acceptors (Lipinski definition) is 3. The number of rotatable bonds is 6. The van der Waals surface area contributed by atoms with Crippen LogP contribution in [0.15, 0.2) is 91.0 Å². The summed E-state index contributed by atoms with van der Waals surface area (Å²) in [6.45, 7) is 1.66. The van der Waals surface area contributed by atoms with Crippen LogP contribution in [0.25, 0.3) is 0 Å². The van der Waals surface area contributed by atoms with Crippen molar-refractivity contribution in [2.75, 3.05) is 11.4 Å². The standard InChI is InChI=1S/C25H23N3O3/c1-25(20-13-7-3-8-14-20)23(30)28(24(31)26-25)18-22(29)27(21-15-9-4-10-16-21)17-19-11-5-2-6-12-19/h2-16H,17-18H2,1H3,(H,26,31)/t25-/m1/s1. The van der Waals surface area contributed by atoms with Crippen molar-refractivity contribution < 1.29 is 14.4 Å². The van der Waals surface area contributed by atoms with Crippen molar-refractivity contribution in [3.63, 3.8) is 0 Å². The first-order valence-corrected chi connectivity index (χ1v) is 10.1. The molecule has 0 saturated carbocycles. The number of hydrogen-bond donors (Lipinski definition) is 1. The first kappa shape index (κ1) is 20.3. The number of nitrogens with one attached hydrogen (secondary N) is 1. The summed E-state index contributed by atoms with van der Waals surface area (Å²) in [7, 11) is 0. The molecule has 6 nitrogen and oxygen atoms in total. The summed E-state index contributed by atoms with van der Waals surface area (Å²) < 4.78 is 0. The molecule has 6 heteroatoms. The first-order valence-electron chi connectivity index (χ1n) is 10.1. The minimum absolute atomic E-state index is 0.337. The second-order valence-electron chi connectivity index (χ2n) is 7.61. The third-order valence-electron chi connectivity index (χ3n) is 5.47. The summed E-state index contributed by atoms with van der Waals surface area (Å²) >= 11 is 0. The summed E-state index contributed by atoms with van der Waals surface area (Å²) in [5.74, 6) is -0.777. The molecule has 1 heterocycles. The molecule has 1 aliphatic heterocycles. The highest BCUT2D eigenvalue weighted by molar-refractivity contribution is 6.10. The van der Waals surface area contributed by atoms with Crippen molar-refractivity contribution in [1.82, 2.24) is 10.2 Å². The van der Waals surface area contributed by atoms with Crippen LogP contribution in [0.1, 0.15) is 18.1 Å². The smallest absolute Gasteiger partial charge is 0.319 e. The van der Waals surface area contributed by atoms with Crippen LogP contribution >= 0.6 is 0 Å². The van der Waals surface area contributed by atoms with Gasteiger partial charge >= 0.3 is 6.03 Å². The maximum absolute atomic E-state index is 13.3. The van der Waals surface area contributed by atoms with Gasteiger partial charge in [0.15, 0.2) is 0 Å².